The number of aromatic nitrogens is 1. The number of ether oxygens (including phenoxy) is 1. The molecule has 0 bridgehead atoms. The van der Waals surface area contributed by atoms with Crippen molar-refractivity contribution in [3.05, 3.63) is 23.5 Å². The van der Waals surface area contributed by atoms with Crippen LogP contribution in [0.4, 0.5) is 8.78 Å². The van der Waals surface area contributed by atoms with E-state index < -0.39 is 27.3 Å². The van der Waals surface area contributed by atoms with Crippen LogP contribution in [0, 0.1) is 12.3 Å². The second-order valence-corrected chi connectivity index (χ2v) is 9.48. The van der Waals surface area contributed by atoms with E-state index in [1.807, 2.05) is 0 Å². The van der Waals surface area contributed by atoms with Crippen LogP contribution in [0.3, 0.4) is 0 Å². The van der Waals surface area contributed by atoms with Gasteiger partial charge < -0.3 is 10.1 Å². The van der Waals surface area contributed by atoms with Gasteiger partial charge in [0.15, 0.2) is 9.84 Å². The molecule has 26 heavy (non-hydrogen) atoms. The minimum Gasteiger partial charge on any atom is -0.381 e. The smallest absolute Gasteiger partial charge is 0.280 e. The first kappa shape index (κ1) is 18.2. The molecule has 1 unspecified atom stereocenters. The van der Waals surface area contributed by atoms with Gasteiger partial charge in [-0.1, -0.05) is 0 Å². The highest BCUT2D eigenvalue weighted by molar-refractivity contribution is 7.92. The third-order valence-corrected chi connectivity index (χ3v) is 8.22. The predicted octanol–water partition coefficient (Wildman–Crippen LogP) is 1.51. The van der Waals surface area contributed by atoms with Crippen LogP contribution >= 0.6 is 0 Å². The normalized spacial score (nSPS) is 26.7. The molecule has 0 saturated carbocycles. The van der Waals surface area contributed by atoms with E-state index in [4.69, 9.17) is 4.74 Å². The van der Waals surface area contributed by atoms with E-state index in [0.29, 0.717) is 26.3 Å². The maximum Gasteiger partial charge on any atom is 0.280 e. The lowest BCUT2D eigenvalue weighted by atomic mass is 9.72. The SMILES string of the molecule is Cc1nc(C(F)F)ccc1S(=O)(=O)C1N(C2CCOCC2)CC12CNC2. The first-order valence-corrected chi connectivity index (χ1v) is 10.4. The van der Waals surface area contributed by atoms with Gasteiger partial charge in [-0.25, -0.2) is 17.2 Å². The van der Waals surface area contributed by atoms with Crippen molar-refractivity contribution < 1.29 is 21.9 Å². The molecule has 9 heteroatoms. The van der Waals surface area contributed by atoms with Crippen LogP contribution in [0.15, 0.2) is 17.0 Å². The number of aryl methyl sites for hydroxylation is 1. The lowest BCUT2D eigenvalue weighted by Crippen LogP contribution is -2.80. The number of pyridine rings is 1. The summed E-state index contributed by atoms with van der Waals surface area (Å²) in [6.45, 7) is 4.85. The number of alkyl halides is 2. The minimum absolute atomic E-state index is 0.0648. The molecule has 4 heterocycles. The number of sulfone groups is 1. The van der Waals surface area contributed by atoms with Gasteiger partial charge in [-0.05, 0) is 31.9 Å². The summed E-state index contributed by atoms with van der Waals surface area (Å²) >= 11 is 0. The summed E-state index contributed by atoms with van der Waals surface area (Å²) in [4.78, 5) is 5.96. The molecule has 0 amide bonds. The highest BCUT2D eigenvalue weighted by Gasteiger charge is 2.63. The van der Waals surface area contributed by atoms with Crippen molar-refractivity contribution in [3.63, 3.8) is 0 Å². The number of likely N-dealkylation sites (tertiary alicyclic amines) is 1. The molecule has 0 aromatic carbocycles. The van der Waals surface area contributed by atoms with Crippen molar-refractivity contribution in [1.29, 1.82) is 0 Å². The van der Waals surface area contributed by atoms with Crippen molar-refractivity contribution in [2.45, 2.75) is 42.5 Å². The molecule has 3 aliphatic heterocycles. The van der Waals surface area contributed by atoms with Crippen LogP contribution in [-0.4, -0.2) is 62.6 Å². The van der Waals surface area contributed by atoms with Crippen LogP contribution in [0.5, 0.6) is 0 Å². The van der Waals surface area contributed by atoms with Crippen molar-refractivity contribution in [2.75, 3.05) is 32.8 Å². The molecular formula is C17H23F2N3O3S. The van der Waals surface area contributed by atoms with Gasteiger partial charge in [-0.3, -0.25) is 9.88 Å². The van der Waals surface area contributed by atoms with E-state index in [1.165, 1.54) is 13.0 Å². The first-order chi connectivity index (χ1) is 12.3. The van der Waals surface area contributed by atoms with Crippen molar-refractivity contribution in [2.24, 2.45) is 5.41 Å². The van der Waals surface area contributed by atoms with Gasteiger partial charge in [0, 0.05) is 44.3 Å². The summed E-state index contributed by atoms with van der Waals surface area (Å²) in [5, 5.41) is 2.56. The molecule has 1 aromatic rings. The van der Waals surface area contributed by atoms with Crippen LogP contribution < -0.4 is 5.32 Å². The Labute approximate surface area is 151 Å². The molecule has 1 atom stereocenters. The van der Waals surface area contributed by atoms with E-state index in [0.717, 1.165) is 25.5 Å². The summed E-state index contributed by atoms with van der Waals surface area (Å²) in [6.07, 6.45) is -1.08. The maximum atomic E-state index is 13.4. The Morgan fingerprint density at radius 3 is 2.54 bits per heavy atom. The minimum atomic E-state index is -3.70. The van der Waals surface area contributed by atoms with Crippen molar-refractivity contribution in [1.82, 2.24) is 15.2 Å². The van der Waals surface area contributed by atoms with Gasteiger partial charge in [0.25, 0.3) is 6.43 Å². The molecule has 1 aromatic heterocycles. The third kappa shape index (κ3) is 2.76. The summed E-state index contributed by atoms with van der Waals surface area (Å²) in [6, 6.07) is 2.59. The van der Waals surface area contributed by atoms with Gasteiger partial charge in [0.05, 0.1) is 10.6 Å². The van der Waals surface area contributed by atoms with Crippen LogP contribution in [0.25, 0.3) is 0 Å². The van der Waals surface area contributed by atoms with Gasteiger partial charge in [-0.2, -0.15) is 0 Å². The van der Waals surface area contributed by atoms with E-state index in [9.17, 15) is 17.2 Å². The molecule has 4 rings (SSSR count). The molecule has 0 radical (unpaired) electrons. The van der Waals surface area contributed by atoms with E-state index in [-0.39, 0.29) is 22.0 Å². The number of nitrogens with one attached hydrogen (secondary N) is 1. The Morgan fingerprint density at radius 1 is 1.31 bits per heavy atom. The fourth-order valence-electron chi connectivity index (χ4n) is 4.45. The van der Waals surface area contributed by atoms with Crippen molar-refractivity contribution >= 4 is 9.84 Å². The average molecular weight is 387 g/mol. The van der Waals surface area contributed by atoms with Crippen molar-refractivity contribution in [3.8, 4) is 0 Å². The van der Waals surface area contributed by atoms with E-state index in [1.54, 1.807) is 0 Å². The summed E-state index contributed by atoms with van der Waals surface area (Å²) in [7, 11) is -3.70. The second kappa shape index (κ2) is 6.47. The Balaban J connectivity index is 1.68. The molecular weight excluding hydrogens is 364 g/mol. The average Bonchev–Trinajstić information content (AvgIpc) is 2.52. The van der Waals surface area contributed by atoms with Gasteiger partial charge in [0.2, 0.25) is 0 Å². The molecule has 6 nitrogen and oxygen atoms in total. The van der Waals surface area contributed by atoms with Gasteiger partial charge in [-0.15, -0.1) is 0 Å². The number of nitrogens with zero attached hydrogens (tertiary/aromatic N) is 2. The molecule has 144 valence electrons. The Hall–Kier alpha value is -1.16. The zero-order chi connectivity index (χ0) is 18.5. The monoisotopic (exact) mass is 387 g/mol. The molecule has 1 N–H and O–H groups in total. The van der Waals surface area contributed by atoms with Crippen LogP contribution in [-0.2, 0) is 14.6 Å². The number of hydrogen-bond donors (Lipinski definition) is 1. The zero-order valence-electron chi connectivity index (χ0n) is 14.6. The first-order valence-electron chi connectivity index (χ1n) is 8.89. The number of hydrogen-bond acceptors (Lipinski definition) is 6. The summed E-state index contributed by atoms with van der Waals surface area (Å²) < 4.78 is 58.0. The molecule has 3 saturated heterocycles. The quantitative estimate of drug-likeness (QED) is 0.845. The third-order valence-electron chi connectivity index (χ3n) is 5.82. The Morgan fingerprint density at radius 2 is 2.00 bits per heavy atom. The van der Waals surface area contributed by atoms with E-state index in [2.05, 4.69) is 15.2 Å². The second-order valence-electron chi connectivity index (χ2n) is 7.50. The molecule has 3 fully saturated rings. The maximum absolute atomic E-state index is 13.4. The highest BCUT2D eigenvalue weighted by Crippen LogP contribution is 2.48. The standard InChI is InChI=1S/C17H23F2N3O3S/c1-11-14(3-2-13(21-11)15(18)19)26(23,24)16-17(8-20-9-17)10-22(16)12-4-6-25-7-5-12/h2-3,12,15-16,20H,4-10H2,1H3. The summed E-state index contributed by atoms with van der Waals surface area (Å²) in [5.74, 6) is 0. The predicted molar refractivity (Wildman–Crippen MR) is 90.8 cm³/mol. The fourth-order valence-corrected chi connectivity index (χ4v) is 6.91. The topological polar surface area (TPSA) is 71.5 Å². The van der Waals surface area contributed by atoms with Crippen LogP contribution in [0.2, 0.25) is 0 Å². The molecule has 1 spiro atoms. The lowest BCUT2D eigenvalue weighted by Gasteiger charge is -2.63. The Kier molecular flexibility index (Phi) is 4.53. The largest absolute Gasteiger partial charge is 0.381 e. The summed E-state index contributed by atoms with van der Waals surface area (Å²) in [5.41, 5.74) is -0.536. The molecule has 3 aliphatic rings. The van der Waals surface area contributed by atoms with Crippen LogP contribution in [0.1, 0.15) is 30.7 Å². The highest BCUT2D eigenvalue weighted by atomic mass is 32.2. The lowest BCUT2D eigenvalue weighted by molar-refractivity contribution is -0.109. The zero-order valence-corrected chi connectivity index (χ0v) is 15.4. The fraction of sp³-hybridized carbons (Fsp3) is 0.706. The van der Waals surface area contributed by atoms with Gasteiger partial charge in [0.1, 0.15) is 11.1 Å². The molecule has 0 aliphatic carbocycles. The number of rotatable bonds is 4. The Bertz CT molecular complexity index is 792. The number of halogens is 2. The van der Waals surface area contributed by atoms with Gasteiger partial charge >= 0.3 is 0 Å². The van der Waals surface area contributed by atoms with E-state index >= 15 is 0 Å².